The number of aliphatic carboxylic acids is 1. The van der Waals surface area contributed by atoms with Gasteiger partial charge in [0.2, 0.25) is 0 Å². The molecule has 0 amide bonds. The highest BCUT2D eigenvalue weighted by molar-refractivity contribution is 5.78. The van der Waals surface area contributed by atoms with Gasteiger partial charge in [0.15, 0.2) is 0 Å². The van der Waals surface area contributed by atoms with Crippen molar-refractivity contribution in [3.63, 3.8) is 0 Å². The molecule has 3 heteroatoms. The fraction of sp³-hybridized carbons (Fsp3) is 0.250. The SMILES string of the molecule is Cc1cccc(-c2ccc3c(n2)CCC3C(=O)O)c1. The zero-order valence-electron chi connectivity index (χ0n) is 10.8. The van der Waals surface area contributed by atoms with Crippen LogP contribution in [0.25, 0.3) is 11.3 Å². The maximum atomic E-state index is 11.1. The van der Waals surface area contributed by atoms with E-state index in [1.165, 1.54) is 5.56 Å². The van der Waals surface area contributed by atoms with Crippen molar-refractivity contribution in [1.29, 1.82) is 0 Å². The van der Waals surface area contributed by atoms with Crippen molar-refractivity contribution in [3.8, 4) is 11.3 Å². The minimum atomic E-state index is -0.746. The Bertz CT molecular complexity index is 649. The smallest absolute Gasteiger partial charge is 0.311 e. The molecule has 1 aromatic carbocycles. The molecule has 0 aliphatic heterocycles. The summed E-state index contributed by atoms with van der Waals surface area (Å²) in [5.41, 5.74) is 5.02. The second-order valence-corrected chi connectivity index (χ2v) is 5.03. The van der Waals surface area contributed by atoms with E-state index >= 15 is 0 Å². The van der Waals surface area contributed by atoms with Crippen LogP contribution in [0.15, 0.2) is 36.4 Å². The van der Waals surface area contributed by atoms with E-state index in [0.717, 1.165) is 28.9 Å². The molecule has 0 fully saturated rings. The van der Waals surface area contributed by atoms with E-state index in [9.17, 15) is 4.79 Å². The molecule has 0 spiro atoms. The van der Waals surface area contributed by atoms with Gasteiger partial charge in [0, 0.05) is 11.3 Å². The number of hydrogen-bond acceptors (Lipinski definition) is 2. The number of rotatable bonds is 2. The lowest BCUT2D eigenvalue weighted by atomic mass is 10.0. The Kier molecular flexibility index (Phi) is 2.82. The number of carboxylic acids is 1. The molecule has 1 unspecified atom stereocenters. The van der Waals surface area contributed by atoms with Gasteiger partial charge >= 0.3 is 5.97 Å². The number of nitrogens with zero attached hydrogens (tertiary/aromatic N) is 1. The van der Waals surface area contributed by atoms with Crippen molar-refractivity contribution < 1.29 is 9.90 Å². The van der Waals surface area contributed by atoms with Gasteiger partial charge in [0.25, 0.3) is 0 Å². The predicted molar refractivity (Wildman–Crippen MR) is 73.1 cm³/mol. The minimum Gasteiger partial charge on any atom is -0.481 e. The van der Waals surface area contributed by atoms with Crippen molar-refractivity contribution in [1.82, 2.24) is 4.98 Å². The van der Waals surface area contributed by atoms with Crippen molar-refractivity contribution in [2.45, 2.75) is 25.7 Å². The summed E-state index contributed by atoms with van der Waals surface area (Å²) < 4.78 is 0. The lowest BCUT2D eigenvalue weighted by Crippen LogP contribution is -2.07. The molecule has 3 rings (SSSR count). The lowest BCUT2D eigenvalue weighted by Gasteiger charge is -2.07. The largest absolute Gasteiger partial charge is 0.481 e. The highest BCUT2D eigenvalue weighted by Crippen LogP contribution is 2.33. The molecule has 1 heterocycles. The van der Waals surface area contributed by atoms with Gasteiger partial charge in [-0.1, -0.05) is 29.8 Å². The molecule has 0 saturated heterocycles. The van der Waals surface area contributed by atoms with Crippen LogP contribution in [-0.4, -0.2) is 16.1 Å². The third kappa shape index (κ3) is 2.12. The highest BCUT2D eigenvalue weighted by atomic mass is 16.4. The van der Waals surface area contributed by atoms with Crippen molar-refractivity contribution in [3.05, 3.63) is 53.2 Å². The average molecular weight is 253 g/mol. The first-order chi connectivity index (χ1) is 9.15. The van der Waals surface area contributed by atoms with Crippen LogP contribution in [0, 0.1) is 6.92 Å². The van der Waals surface area contributed by atoms with E-state index in [4.69, 9.17) is 5.11 Å². The van der Waals surface area contributed by atoms with E-state index in [2.05, 4.69) is 24.0 Å². The number of pyridine rings is 1. The quantitative estimate of drug-likeness (QED) is 0.894. The highest BCUT2D eigenvalue weighted by Gasteiger charge is 2.29. The summed E-state index contributed by atoms with van der Waals surface area (Å²) in [6.45, 7) is 2.05. The molecule has 0 saturated carbocycles. The Morgan fingerprint density at radius 3 is 2.89 bits per heavy atom. The van der Waals surface area contributed by atoms with Gasteiger partial charge in [-0.05, 0) is 37.5 Å². The number of fused-ring (bicyclic) bond motifs is 1. The molecule has 1 atom stereocenters. The maximum absolute atomic E-state index is 11.1. The summed E-state index contributed by atoms with van der Waals surface area (Å²) in [4.78, 5) is 15.8. The number of hydrogen-bond donors (Lipinski definition) is 1. The second kappa shape index (κ2) is 4.50. The number of aryl methyl sites for hydroxylation is 2. The number of carboxylic acid groups (broad SMARTS) is 1. The minimum absolute atomic E-state index is 0.381. The fourth-order valence-electron chi connectivity index (χ4n) is 2.69. The van der Waals surface area contributed by atoms with Crippen LogP contribution in [0.3, 0.4) is 0 Å². The summed E-state index contributed by atoms with van der Waals surface area (Å²) in [7, 11) is 0. The lowest BCUT2D eigenvalue weighted by molar-refractivity contribution is -0.138. The van der Waals surface area contributed by atoms with Gasteiger partial charge in [-0.15, -0.1) is 0 Å². The molecule has 96 valence electrons. The maximum Gasteiger partial charge on any atom is 0.311 e. The van der Waals surface area contributed by atoms with E-state index in [1.54, 1.807) is 0 Å². The summed E-state index contributed by atoms with van der Waals surface area (Å²) in [5.74, 6) is -1.13. The second-order valence-electron chi connectivity index (χ2n) is 5.03. The number of benzene rings is 1. The number of aromatic nitrogens is 1. The van der Waals surface area contributed by atoms with Crippen LogP contribution >= 0.6 is 0 Å². The van der Waals surface area contributed by atoms with Gasteiger partial charge in [0.05, 0.1) is 11.6 Å². The molecule has 0 bridgehead atoms. The van der Waals surface area contributed by atoms with E-state index in [1.807, 2.05) is 24.3 Å². The molecule has 0 radical (unpaired) electrons. The summed E-state index contributed by atoms with van der Waals surface area (Å²) in [6.07, 6.45) is 1.42. The van der Waals surface area contributed by atoms with Crippen LogP contribution in [0.1, 0.15) is 29.2 Å². The standard InChI is InChI=1S/C16H15NO2/c1-10-3-2-4-11(9-10)14-7-5-12-13(16(18)19)6-8-15(12)17-14/h2-5,7,9,13H,6,8H2,1H3,(H,18,19). The molecule has 1 aliphatic carbocycles. The zero-order chi connectivity index (χ0) is 13.4. The van der Waals surface area contributed by atoms with Crippen molar-refractivity contribution in [2.75, 3.05) is 0 Å². The third-order valence-electron chi connectivity index (χ3n) is 3.67. The van der Waals surface area contributed by atoms with Crippen LogP contribution in [0.5, 0.6) is 0 Å². The van der Waals surface area contributed by atoms with Gasteiger partial charge in [-0.3, -0.25) is 9.78 Å². The molecule has 1 aliphatic rings. The third-order valence-corrected chi connectivity index (χ3v) is 3.67. The van der Waals surface area contributed by atoms with Crippen LogP contribution in [-0.2, 0) is 11.2 Å². The Hall–Kier alpha value is -2.16. The van der Waals surface area contributed by atoms with E-state index in [-0.39, 0.29) is 5.92 Å². The first-order valence-corrected chi connectivity index (χ1v) is 6.45. The Balaban J connectivity index is 2.02. The Labute approximate surface area is 111 Å². The van der Waals surface area contributed by atoms with Gasteiger partial charge in [0.1, 0.15) is 0 Å². The average Bonchev–Trinajstić information content (AvgIpc) is 2.81. The van der Waals surface area contributed by atoms with Crippen LogP contribution in [0.2, 0.25) is 0 Å². The monoisotopic (exact) mass is 253 g/mol. The summed E-state index contributed by atoms with van der Waals surface area (Å²) in [6, 6.07) is 12.0. The summed E-state index contributed by atoms with van der Waals surface area (Å²) in [5, 5.41) is 9.15. The van der Waals surface area contributed by atoms with E-state index in [0.29, 0.717) is 6.42 Å². The Morgan fingerprint density at radius 1 is 1.32 bits per heavy atom. The van der Waals surface area contributed by atoms with E-state index < -0.39 is 5.97 Å². The normalized spacial score (nSPS) is 17.2. The molecule has 1 aromatic heterocycles. The predicted octanol–water partition coefficient (Wildman–Crippen LogP) is 3.17. The first kappa shape index (κ1) is 11.9. The first-order valence-electron chi connectivity index (χ1n) is 6.45. The Morgan fingerprint density at radius 2 is 2.16 bits per heavy atom. The van der Waals surface area contributed by atoms with Gasteiger partial charge in [-0.2, -0.15) is 0 Å². The number of carbonyl (C=O) groups is 1. The summed E-state index contributed by atoms with van der Waals surface area (Å²) >= 11 is 0. The van der Waals surface area contributed by atoms with Crippen LogP contribution in [0.4, 0.5) is 0 Å². The topological polar surface area (TPSA) is 50.2 Å². The van der Waals surface area contributed by atoms with Gasteiger partial charge < -0.3 is 5.11 Å². The van der Waals surface area contributed by atoms with Crippen molar-refractivity contribution in [2.24, 2.45) is 0 Å². The fourth-order valence-corrected chi connectivity index (χ4v) is 2.69. The molecular formula is C16H15NO2. The zero-order valence-corrected chi connectivity index (χ0v) is 10.8. The van der Waals surface area contributed by atoms with Gasteiger partial charge in [-0.25, -0.2) is 0 Å². The molecule has 2 aromatic rings. The van der Waals surface area contributed by atoms with Crippen LogP contribution < -0.4 is 0 Å². The molecular weight excluding hydrogens is 238 g/mol. The molecule has 19 heavy (non-hydrogen) atoms. The molecule has 1 N–H and O–H groups in total. The van der Waals surface area contributed by atoms with Crippen molar-refractivity contribution >= 4 is 5.97 Å². The molecule has 3 nitrogen and oxygen atoms in total.